The highest BCUT2D eigenvalue weighted by Gasteiger charge is 2.39. The third-order valence-corrected chi connectivity index (χ3v) is 4.27. The summed E-state index contributed by atoms with van der Waals surface area (Å²) in [6.45, 7) is 2.06. The molecule has 0 aromatic heterocycles. The van der Waals surface area contributed by atoms with Gasteiger partial charge >= 0.3 is 0 Å². The SMILES string of the molecule is COc1ccc(F)cc1C1(O)CSC(C)C1. The van der Waals surface area contributed by atoms with Crippen LogP contribution in [-0.2, 0) is 5.60 Å². The smallest absolute Gasteiger partial charge is 0.125 e. The van der Waals surface area contributed by atoms with Gasteiger partial charge in [-0.05, 0) is 24.6 Å². The maximum Gasteiger partial charge on any atom is 0.125 e. The fourth-order valence-corrected chi connectivity index (χ4v) is 3.33. The van der Waals surface area contributed by atoms with E-state index in [4.69, 9.17) is 4.74 Å². The summed E-state index contributed by atoms with van der Waals surface area (Å²) >= 11 is 1.70. The molecule has 0 bridgehead atoms. The third-order valence-electron chi connectivity index (χ3n) is 2.89. The van der Waals surface area contributed by atoms with Gasteiger partial charge in [0, 0.05) is 16.6 Å². The molecule has 0 amide bonds. The summed E-state index contributed by atoms with van der Waals surface area (Å²) in [5, 5.41) is 10.9. The Balaban J connectivity index is 2.42. The number of hydrogen-bond donors (Lipinski definition) is 1. The normalized spacial score (nSPS) is 29.4. The maximum atomic E-state index is 13.2. The fourth-order valence-electron chi connectivity index (χ4n) is 2.11. The summed E-state index contributed by atoms with van der Waals surface area (Å²) in [6.07, 6.45) is 0.636. The van der Waals surface area contributed by atoms with E-state index in [0.29, 0.717) is 28.7 Å². The summed E-state index contributed by atoms with van der Waals surface area (Å²) in [5.74, 6) is 0.806. The summed E-state index contributed by atoms with van der Waals surface area (Å²) in [7, 11) is 1.53. The van der Waals surface area contributed by atoms with Crippen LogP contribution in [0.4, 0.5) is 4.39 Å². The first-order valence-corrected chi connectivity index (χ1v) is 6.28. The molecule has 1 fully saturated rings. The maximum absolute atomic E-state index is 13.2. The highest BCUT2D eigenvalue weighted by molar-refractivity contribution is 8.00. The largest absolute Gasteiger partial charge is 0.496 e. The Morgan fingerprint density at radius 3 is 2.88 bits per heavy atom. The summed E-state index contributed by atoms with van der Waals surface area (Å²) in [6, 6.07) is 4.28. The molecule has 1 saturated heterocycles. The van der Waals surface area contributed by atoms with Crippen molar-refractivity contribution in [2.24, 2.45) is 0 Å². The summed E-state index contributed by atoms with van der Waals surface area (Å²) in [4.78, 5) is 0. The number of ether oxygens (including phenoxy) is 1. The molecule has 2 nitrogen and oxygen atoms in total. The van der Waals surface area contributed by atoms with Gasteiger partial charge in [-0.1, -0.05) is 6.92 Å². The van der Waals surface area contributed by atoms with E-state index < -0.39 is 5.60 Å². The Morgan fingerprint density at radius 1 is 1.56 bits per heavy atom. The minimum absolute atomic E-state index is 0.339. The first kappa shape index (κ1) is 11.7. The van der Waals surface area contributed by atoms with E-state index in [-0.39, 0.29) is 5.82 Å². The van der Waals surface area contributed by atoms with Crippen LogP contribution in [0.5, 0.6) is 5.75 Å². The molecule has 2 atom stereocenters. The Labute approximate surface area is 98.8 Å². The van der Waals surface area contributed by atoms with E-state index in [9.17, 15) is 9.50 Å². The van der Waals surface area contributed by atoms with Crippen molar-refractivity contribution in [3.8, 4) is 5.75 Å². The van der Waals surface area contributed by atoms with E-state index in [1.165, 1.54) is 19.2 Å². The monoisotopic (exact) mass is 242 g/mol. The van der Waals surface area contributed by atoms with Crippen molar-refractivity contribution in [1.82, 2.24) is 0 Å². The van der Waals surface area contributed by atoms with Gasteiger partial charge < -0.3 is 9.84 Å². The standard InChI is InChI=1S/C12H15FO2S/c1-8-6-12(14,7-16-8)10-5-9(13)3-4-11(10)15-2/h3-5,8,14H,6-7H2,1-2H3. The topological polar surface area (TPSA) is 29.5 Å². The van der Waals surface area contributed by atoms with Crippen LogP contribution in [0.15, 0.2) is 18.2 Å². The molecule has 0 spiro atoms. The minimum Gasteiger partial charge on any atom is -0.496 e. The minimum atomic E-state index is -0.961. The lowest BCUT2D eigenvalue weighted by Gasteiger charge is -2.24. The molecule has 1 N–H and O–H groups in total. The summed E-state index contributed by atoms with van der Waals surface area (Å²) < 4.78 is 18.4. The molecule has 1 aromatic carbocycles. The second kappa shape index (κ2) is 4.26. The first-order valence-electron chi connectivity index (χ1n) is 5.23. The molecular weight excluding hydrogens is 227 g/mol. The molecule has 1 aliphatic rings. The number of methoxy groups -OCH3 is 1. The highest BCUT2D eigenvalue weighted by Crippen LogP contribution is 2.44. The second-order valence-electron chi connectivity index (χ2n) is 4.20. The van der Waals surface area contributed by atoms with Gasteiger partial charge in [0.2, 0.25) is 0 Å². The summed E-state index contributed by atoms with van der Waals surface area (Å²) in [5.41, 5.74) is -0.399. The van der Waals surface area contributed by atoms with E-state index in [0.717, 1.165) is 0 Å². The van der Waals surface area contributed by atoms with Crippen LogP contribution in [0.25, 0.3) is 0 Å². The Bertz CT molecular complexity index is 397. The van der Waals surface area contributed by atoms with Crippen molar-refractivity contribution < 1.29 is 14.2 Å². The first-order chi connectivity index (χ1) is 7.55. The zero-order chi connectivity index (χ0) is 11.8. The second-order valence-corrected chi connectivity index (χ2v) is 5.63. The lowest BCUT2D eigenvalue weighted by Crippen LogP contribution is -2.26. The molecule has 1 aliphatic heterocycles. The highest BCUT2D eigenvalue weighted by atomic mass is 32.2. The molecular formula is C12H15FO2S. The Morgan fingerprint density at radius 2 is 2.31 bits per heavy atom. The van der Waals surface area contributed by atoms with Gasteiger partial charge in [0.25, 0.3) is 0 Å². The van der Waals surface area contributed by atoms with Gasteiger partial charge in [0.15, 0.2) is 0 Å². The molecule has 1 aromatic rings. The van der Waals surface area contributed by atoms with Gasteiger partial charge in [-0.2, -0.15) is 11.8 Å². The van der Waals surface area contributed by atoms with Gasteiger partial charge in [0.1, 0.15) is 17.2 Å². The molecule has 0 aliphatic carbocycles. The van der Waals surface area contributed by atoms with Crippen LogP contribution in [-0.4, -0.2) is 23.2 Å². The van der Waals surface area contributed by atoms with E-state index in [2.05, 4.69) is 6.92 Å². The van der Waals surface area contributed by atoms with Crippen molar-refractivity contribution in [2.45, 2.75) is 24.2 Å². The predicted molar refractivity (Wildman–Crippen MR) is 63.4 cm³/mol. The molecule has 16 heavy (non-hydrogen) atoms. The molecule has 2 rings (SSSR count). The van der Waals surface area contributed by atoms with Crippen molar-refractivity contribution in [1.29, 1.82) is 0 Å². The van der Waals surface area contributed by atoms with Gasteiger partial charge in [0.05, 0.1) is 7.11 Å². The Kier molecular flexibility index (Phi) is 3.13. The zero-order valence-electron chi connectivity index (χ0n) is 9.37. The number of halogens is 1. The number of thioether (sulfide) groups is 1. The van der Waals surface area contributed by atoms with Gasteiger partial charge in [-0.15, -0.1) is 0 Å². The molecule has 2 unspecified atom stereocenters. The third kappa shape index (κ3) is 2.04. The molecule has 4 heteroatoms. The van der Waals surface area contributed by atoms with Crippen LogP contribution in [0.3, 0.4) is 0 Å². The Hall–Kier alpha value is -0.740. The van der Waals surface area contributed by atoms with Crippen molar-refractivity contribution in [3.63, 3.8) is 0 Å². The molecule has 0 radical (unpaired) electrons. The lowest BCUT2D eigenvalue weighted by molar-refractivity contribution is 0.0582. The van der Waals surface area contributed by atoms with Gasteiger partial charge in [-0.3, -0.25) is 0 Å². The number of aliphatic hydroxyl groups is 1. The van der Waals surface area contributed by atoms with Crippen LogP contribution >= 0.6 is 11.8 Å². The molecule has 0 saturated carbocycles. The lowest BCUT2D eigenvalue weighted by atomic mass is 9.90. The average molecular weight is 242 g/mol. The van der Waals surface area contributed by atoms with Crippen LogP contribution in [0.2, 0.25) is 0 Å². The van der Waals surface area contributed by atoms with Crippen LogP contribution < -0.4 is 4.74 Å². The van der Waals surface area contributed by atoms with Crippen molar-refractivity contribution >= 4 is 11.8 Å². The zero-order valence-corrected chi connectivity index (χ0v) is 10.2. The quantitative estimate of drug-likeness (QED) is 0.864. The number of rotatable bonds is 2. The predicted octanol–water partition coefficient (Wildman–Crippen LogP) is 2.55. The van der Waals surface area contributed by atoms with Crippen LogP contribution in [0, 0.1) is 5.82 Å². The van der Waals surface area contributed by atoms with Crippen molar-refractivity contribution in [2.75, 3.05) is 12.9 Å². The van der Waals surface area contributed by atoms with Gasteiger partial charge in [-0.25, -0.2) is 4.39 Å². The van der Waals surface area contributed by atoms with Crippen LogP contribution in [0.1, 0.15) is 18.9 Å². The molecule has 1 heterocycles. The molecule has 88 valence electrons. The van der Waals surface area contributed by atoms with E-state index >= 15 is 0 Å². The van der Waals surface area contributed by atoms with E-state index in [1.807, 2.05) is 0 Å². The van der Waals surface area contributed by atoms with Crippen molar-refractivity contribution in [3.05, 3.63) is 29.6 Å². The number of hydrogen-bond acceptors (Lipinski definition) is 3. The fraction of sp³-hybridized carbons (Fsp3) is 0.500. The number of benzene rings is 1. The van der Waals surface area contributed by atoms with E-state index in [1.54, 1.807) is 17.8 Å². The average Bonchev–Trinajstić information content (AvgIpc) is 2.60.